The van der Waals surface area contributed by atoms with Crippen LogP contribution in [0.5, 0.6) is 0 Å². The van der Waals surface area contributed by atoms with E-state index in [4.69, 9.17) is 16.3 Å². The molecule has 0 aliphatic carbocycles. The van der Waals surface area contributed by atoms with E-state index in [0.717, 1.165) is 11.9 Å². The summed E-state index contributed by atoms with van der Waals surface area (Å²) in [5.41, 5.74) is 1.40. The maximum atomic E-state index is 12.7. The number of nitrogens with zero attached hydrogens (tertiary/aromatic N) is 2. The summed E-state index contributed by atoms with van der Waals surface area (Å²) in [5.74, 6) is 0. The number of nitrogens with one attached hydrogen (secondary N) is 2. The molecular weight excluding hydrogens is 368 g/mol. The molecule has 1 aromatic carbocycles. The number of hydrogen-bond acceptors (Lipinski definition) is 5. The van der Waals surface area contributed by atoms with Crippen molar-refractivity contribution in [2.24, 2.45) is 0 Å². The van der Waals surface area contributed by atoms with E-state index in [0.29, 0.717) is 23.9 Å². The van der Waals surface area contributed by atoms with Crippen LogP contribution in [-0.2, 0) is 14.8 Å². The van der Waals surface area contributed by atoms with E-state index >= 15 is 0 Å². The van der Waals surface area contributed by atoms with Gasteiger partial charge in [0.05, 0.1) is 36.9 Å². The number of ether oxygens (including phenoxy) is 1. The molecule has 1 aliphatic rings. The average Bonchev–Trinajstić information content (AvgIpc) is 2.52. The third kappa shape index (κ3) is 5.74. The predicted octanol–water partition coefficient (Wildman–Crippen LogP) is 1.19. The highest BCUT2D eigenvalue weighted by Crippen LogP contribution is 2.28. The van der Waals surface area contributed by atoms with Crippen molar-refractivity contribution in [1.29, 1.82) is 0 Å². The molecule has 8 nitrogen and oxygen atoms in total. The van der Waals surface area contributed by atoms with Gasteiger partial charge >= 0.3 is 6.03 Å². The minimum absolute atomic E-state index is 0.0995. The fourth-order valence-electron chi connectivity index (χ4n) is 2.52. The SMILES string of the molecule is CN(C)c1ccc(Cl)cc1NC(=O)N1CCOCC1CNS(C)(=O)=O. The second kappa shape index (κ2) is 8.22. The first-order valence-corrected chi connectivity index (χ1v) is 10.0. The Hall–Kier alpha value is -1.55. The molecule has 1 unspecified atom stereocenters. The number of anilines is 2. The molecule has 1 fully saturated rings. The molecule has 25 heavy (non-hydrogen) atoms. The van der Waals surface area contributed by atoms with E-state index in [1.165, 1.54) is 0 Å². The fraction of sp³-hybridized carbons (Fsp3) is 0.533. The van der Waals surface area contributed by atoms with Gasteiger partial charge in [0, 0.05) is 32.2 Å². The monoisotopic (exact) mass is 390 g/mol. The minimum atomic E-state index is -3.34. The second-order valence-electron chi connectivity index (χ2n) is 6.03. The number of amides is 2. The number of carbonyl (C=O) groups excluding carboxylic acids is 1. The number of rotatable bonds is 5. The van der Waals surface area contributed by atoms with E-state index in [9.17, 15) is 13.2 Å². The maximum Gasteiger partial charge on any atom is 0.322 e. The lowest BCUT2D eigenvalue weighted by molar-refractivity contribution is 0.0176. The third-order valence-corrected chi connectivity index (χ3v) is 4.68. The van der Waals surface area contributed by atoms with Gasteiger partial charge in [0.1, 0.15) is 0 Å². The van der Waals surface area contributed by atoms with Crippen LogP contribution in [0.1, 0.15) is 0 Å². The van der Waals surface area contributed by atoms with Crippen molar-refractivity contribution in [3.8, 4) is 0 Å². The van der Waals surface area contributed by atoms with E-state index < -0.39 is 10.0 Å². The molecule has 0 bridgehead atoms. The van der Waals surface area contributed by atoms with Crippen molar-refractivity contribution < 1.29 is 17.9 Å². The number of hydrogen-bond donors (Lipinski definition) is 2. The standard InChI is InChI=1S/C15H23ClN4O4S/c1-19(2)14-5-4-11(16)8-13(14)18-15(21)20-6-7-24-10-12(20)9-17-25(3,22)23/h4-5,8,12,17H,6-7,9-10H2,1-3H3,(H,18,21). The Bertz CT molecular complexity index is 726. The average molecular weight is 391 g/mol. The van der Waals surface area contributed by atoms with Crippen LogP contribution in [0.3, 0.4) is 0 Å². The van der Waals surface area contributed by atoms with Gasteiger partial charge in [0.15, 0.2) is 0 Å². The number of sulfonamides is 1. The van der Waals surface area contributed by atoms with Crippen LogP contribution in [-0.4, -0.2) is 72.0 Å². The van der Waals surface area contributed by atoms with E-state index in [2.05, 4.69) is 10.0 Å². The molecular formula is C15H23ClN4O4S. The molecule has 1 atom stereocenters. The number of urea groups is 1. The van der Waals surface area contributed by atoms with Crippen molar-refractivity contribution in [2.75, 3.05) is 56.9 Å². The highest BCUT2D eigenvalue weighted by atomic mass is 35.5. The van der Waals surface area contributed by atoms with Crippen molar-refractivity contribution >= 4 is 39.0 Å². The zero-order chi connectivity index (χ0) is 18.6. The largest absolute Gasteiger partial charge is 0.377 e. The van der Waals surface area contributed by atoms with Crippen molar-refractivity contribution in [1.82, 2.24) is 9.62 Å². The molecule has 140 valence electrons. The number of halogens is 1. The summed E-state index contributed by atoms with van der Waals surface area (Å²) in [6, 6.07) is 4.54. The number of morpholine rings is 1. The van der Waals surface area contributed by atoms with Gasteiger partial charge in [0.25, 0.3) is 0 Å². The zero-order valence-electron chi connectivity index (χ0n) is 14.5. The normalized spacial score (nSPS) is 18.1. The Morgan fingerprint density at radius 2 is 2.16 bits per heavy atom. The third-order valence-electron chi connectivity index (χ3n) is 3.75. The first-order valence-electron chi connectivity index (χ1n) is 7.74. The number of carbonyl (C=O) groups is 1. The topological polar surface area (TPSA) is 91.0 Å². The Morgan fingerprint density at radius 3 is 2.80 bits per heavy atom. The van der Waals surface area contributed by atoms with E-state index in [1.54, 1.807) is 17.0 Å². The summed E-state index contributed by atoms with van der Waals surface area (Å²) in [5, 5.41) is 3.37. The summed E-state index contributed by atoms with van der Waals surface area (Å²) < 4.78 is 30.4. The van der Waals surface area contributed by atoms with Crippen LogP contribution in [0.2, 0.25) is 5.02 Å². The Kier molecular flexibility index (Phi) is 6.50. The van der Waals surface area contributed by atoms with E-state index in [-0.39, 0.29) is 25.2 Å². The lowest BCUT2D eigenvalue weighted by Gasteiger charge is -2.35. The molecule has 0 aromatic heterocycles. The lowest BCUT2D eigenvalue weighted by atomic mass is 10.2. The predicted molar refractivity (Wildman–Crippen MR) is 99.0 cm³/mol. The van der Waals surface area contributed by atoms with Gasteiger partial charge in [0.2, 0.25) is 10.0 Å². The van der Waals surface area contributed by atoms with Crippen LogP contribution in [0.15, 0.2) is 18.2 Å². The van der Waals surface area contributed by atoms with E-state index in [1.807, 2.05) is 25.1 Å². The summed E-state index contributed by atoms with van der Waals surface area (Å²) in [6.07, 6.45) is 1.08. The van der Waals surface area contributed by atoms with Crippen LogP contribution >= 0.6 is 11.6 Å². The smallest absolute Gasteiger partial charge is 0.322 e. The highest BCUT2D eigenvalue weighted by molar-refractivity contribution is 7.88. The summed E-state index contributed by atoms with van der Waals surface area (Å²) >= 11 is 6.04. The molecule has 2 rings (SSSR count). The summed E-state index contributed by atoms with van der Waals surface area (Å²) in [7, 11) is 0.392. The second-order valence-corrected chi connectivity index (χ2v) is 8.30. The molecule has 1 heterocycles. The Morgan fingerprint density at radius 1 is 1.44 bits per heavy atom. The summed E-state index contributed by atoms with van der Waals surface area (Å²) in [6.45, 7) is 1.15. The summed E-state index contributed by atoms with van der Waals surface area (Å²) in [4.78, 5) is 16.1. The molecule has 0 spiro atoms. The van der Waals surface area contributed by atoms with Gasteiger partial charge in [-0.1, -0.05) is 11.6 Å². The van der Waals surface area contributed by atoms with Gasteiger partial charge in [-0.15, -0.1) is 0 Å². The van der Waals surface area contributed by atoms with Crippen LogP contribution in [0, 0.1) is 0 Å². The van der Waals surface area contributed by atoms with Gasteiger partial charge in [-0.05, 0) is 18.2 Å². The first kappa shape index (κ1) is 19.8. The van der Waals surface area contributed by atoms with Crippen LogP contribution in [0.4, 0.5) is 16.2 Å². The molecule has 1 aliphatic heterocycles. The molecule has 0 radical (unpaired) electrons. The molecule has 1 saturated heterocycles. The van der Waals surface area contributed by atoms with Crippen LogP contribution in [0.25, 0.3) is 0 Å². The van der Waals surface area contributed by atoms with Crippen molar-refractivity contribution in [3.63, 3.8) is 0 Å². The van der Waals surface area contributed by atoms with Gasteiger partial charge in [-0.3, -0.25) is 0 Å². The van der Waals surface area contributed by atoms with Gasteiger partial charge in [-0.25, -0.2) is 17.9 Å². The highest BCUT2D eigenvalue weighted by Gasteiger charge is 2.28. The lowest BCUT2D eigenvalue weighted by Crippen LogP contribution is -2.54. The minimum Gasteiger partial charge on any atom is -0.377 e. The Labute approximate surface area is 153 Å². The number of benzene rings is 1. The molecule has 2 amide bonds. The maximum absolute atomic E-state index is 12.7. The molecule has 10 heteroatoms. The molecule has 0 saturated carbocycles. The fourth-order valence-corrected chi connectivity index (χ4v) is 3.19. The quantitative estimate of drug-likeness (QED) is 0.788. The molecule has 2 N–H and O–H groups in total. The van der Waals surface area contributed by atoms with Crippen molar-refractivity contribution in [3.05, 3.63) is 23.2 Å². The van der Waals surface area contributed by atoms with Crippen molar-refractivity contribution in [2.45, 2.75) is 6.04 Å². The van der Waals surface area contributed by atoms with Gasteiger partial charge in [-0.2, -0.15) is 0 Å². The first-order chi connectivity index (χ1) is 11.7. The van der Waals surface area contributed by atoms with Crippen LogP contribution < -0.4 is 14.9 Å². The molecule has 1 aromatic rings. The zero-order valence-corrected chi connectivity index (χ0v) is 16.0. The Balaban J connectivity index is 2.14. The van der Waals surface area contributed by atoms with Gasteiger partial charge < -0.3 is 19.9 Å².